The first-order valence-electron chi connectivity index (χ1n) is 33.3. The number of rotatable bonds is 0. The molecule has 5 unspecified atom stereocenters. The summed E-state index contributed by atoms with van der Waals surface area (Å²) in [4.78, 5) is 14.7. The van der Waals surface area contributed by atoms with Crippen molar-refractivity contribution < 1.29 is 4.79 Å². The average Bonchev–Trinajstić information content (AvgIpc) is 4.13. The fourth-order valence-corrected chi connectivity index (χ4v) is 11.0. The third-order valence-corrected chi connectivity index (χ3v) is 17.6. The van der Waals surface area contributed by atoms with Gasteiger partial charge in [-0.25, -0.2) is 0 Å². The summed E-state index contributed by atoms with van der Waals surface area (Å²) in [7, 11) is 0. The Kier molecular flexibility index (Phi) is 46.3. The number of hydrogen-bond donors (Lipinski definition) is 1. The number of aromatic amines is 1. The van der Waals surface area contributed by atoms with E-state index in [-0.39, 0.29) is 0 Å². The maximum atomic E-state index is 10.5. The van der Waals surface area contributed by atoms with Crippen molar-refractivity contribution in [3.8, 4) is 0 Å². The Balaban J connectivity index is 0.000000416. The van der Waals surface area contributed by atoms with E-state index < -0.39 is 0 Å². The van der Waals surface area contributed by atoms with Crippen LogP contribution in [0.15, 0.2) is 66.9 Å². The van der Waals surface area contributed by atoms with Crippen LogP contribution in [0.2, 0.25) is 0 Å². The Morgan fingerprint density at radius 1 is 0.382 bits per heavy atom. The fraction of sp³-hybridized carbons (Fsp3) is 0.808. The quantitative estimate of drug-likeness (QED) is 0.160. The molecule has 0 aromatic carbocycles. The number of aryl methyl sites for hydroxylation is 1. The molecule has 7 saturated carbocycles. The van der Waals surface area contributed by atoms with Crippen molar-refractivity contribution in [3.05, 3.63) is 72.6 Å². The summed E-state index contributed by atoms with van der Waals surface area (Å²) >= 11 is 5.00. The minimum Gasteiger partial charge on any atom is -0.365 e. The summed E-state index contributed by atoms with van der Waals surface area (Å²) in [5.74, 6) is 10.9. The van der Waals surface area contributed by atoms with E-state index in [1.165, 1.54) is 222 Å². The number of ketones is 1. The molecule has 3 heteroatoms. The summed E-state index contributed by atoms with van der Waals surface area (Å²) in [6.07, 6.45) is 69.8. The van der Waals surface area contributed by atoms with E-state index in [2.05, 4.69) is 130 Å². The smallest absolute Gasteiger partial charge is 0.133 e. The predicted octanol–water partition coefficient (Wildman–Crippen LogP) is 24.5. The van der Waals surface area contributed by atoms with E-state index in [9.17, 15) is 4.79 Å². The minimum absolute atomic E-state index is 0.451. The van der Waals surface area contributed by atoms with Crippen LogP contribution in [0.25, 0.3) is 0 Å². The highest BCUT2D eigenvalue weighted by atomic mass is 32.1. The Labute approximate surface area is 482 Å². The number of hydrogen-bond acceptors (Lipinski definition) is 2. The zero-order chi connectivity index (χ0) is 56.0. The van der Waals surface area contributed by atoms with E-state index in [1.54, 1.807) is 0 Å². The third kappa shape index (κ3) is 49.1. The summed E-state index contributed by atoms with van der Waals surface area (Å²) < 4.78 is 0. The molecule has 0 amide bonds. The highest BCUT2D eigenvalue weighted by Crippen LogP contribution is 2.28. The van der Waals surface area contributed by atoms with Gasteiger partial charge in [0.15, 0.2) is 0 Å². The van der Waals surface area contributed by atoms with Crippen molar-refractivity contribution >= 4 is 22.9 Å². The molecule has 1 N–H and O–H groups in total. The van der Waals surface area contributed by atoms with Crippen molar-refractivity contribution in [2.75, 3.05) is 0 Å². The lowest BCUT2D eigenvalue weighted by Crippen LogP contribution is -2.04. The van der Waals surface area contributed by atoms with Gasteiger partial charge in [-0.3, -0.25) is 4.79 Å². The number of Topliss-reactive ketones (excluding diaryl/α,β-unsaturated/α-hetero) is 1. The zero-order valence-electron chi connectivity index (χ0n) is 53.0. The van der Waals surface area contributed by atoms with Crippen LogP contribution < -0.4 is 0 Å². The van der Waals surface area contributed by atoms with Gasteiger partial charge in [0.1, 0.15) is 5.78 Å². The molecule has 12 rings (SSSR count). The molecule has 1 aromatic rings. The molecule has 11 aliphatic rings. The summed E-state index contributed by atoms with van der Waals surface area (Å²) in [5.41, 5.74) is 1.22. The normalized spacial score (nSPS) is 26.6. The molecule has 440 valence electrons. The number of H-pyrrole nitrogens is 1. The lowest BCUT2D eigenvalue weighted by molar-refractivity contribution is -0.117. The van der Waals surface area contributed by atoms with Crippen LogP contribution in [0.4, 0.5) is 0 Å². The summed E-state index contributed by atoms with van der Waals surface area (Å²) in [6.45, 7) is 27.2. The second-order valence-electron chi connectivity index (χ2n) is 26.8. The summed E-state index contributed by atoms with van der Waals surface area (Å²) in [5, 5.41) is 0. The predicted molar refractivity (Wildman–Crippen MR) is 347 cm³/mol. The molecule has 0 bridgehead atoms. The van der Waals surface area contributed by atoms with E-state index >= 15 is 0 Å². The Morgan fingerprint density at radius 3 is 1.00 bits per heavy atom. The molecule has 1 aromatic heterocycles. The Hall–Kier alpha value is -2.00. The average molecular weight is 1070 g/mol. The lowest BCUT2D eigenvalue weighted by Gasteiger charge is -2.18. The Morgan fingerprint density at radius 2 is 0.816 bits per heavy atom. The van der Waals surface area contributed by atoms with Gasteiger partial charge in [-0.05, 0) is 179 Å². The van der Waals surface area contributed by atoms with Gasteiger partial charge >= 0.3 is 0 Å². The van der Waals surface area contributed by atoms with E-state index in [4.69, 9.17) is 12.2 Å². The maximum Gasteiger partial charge on any atom is 0.133 e. The first kappa shape index (κ1) is 72.0. The molecule has 0 radical (unpaired) electrons. The van der Waals surface area contributed by atoms with Gasteiger partial charge in [0.25, 0.3) is 0 Å². The molecule has 5 atom stereocenters. The second kappa shape index (κ2) is 48.9. The van der Waals surface area contributed by atoms with E-state index in [1.807, 2.05) is 25.3 Å². The number of carbonyl (C=O) groups is 1. The van der Waals surface area contributed by atoms with Gasteiger partial charge in [0.2, 0.25) is 0 Å². The maximum absolute atomic E-state index is 10.5. The fourth-order valence-electron chi connectivity index (χ4n) is 10.6. The van der Waals surface area contributed by atoms with Crippen LogP contribution in [0.1, 0.15) is 313 Å². The van der Waals surface area contributed by atoms with Crippen LogP contribution in [0.3, 0.4) is 0 Å². The topological polar surface area (TPSA) is 32.9 Å². The van der Waals surface area contributed by atoms with Crippen molar-refractivity contribution in [1.29, 1.82) is 0 Å². The molecule has 2 nitrogen and oxygen atoms in total. The molecule has 0 spiro atoms. The standard InChI is InChI=1S/C8H16.C7H14.2C7H12.C6H10O.C6H10S.C6H12.2C6H10.C5H7N.C5H10.C4H8/c1-8-6-4-2-3-5-7-8;3*1-7-5-3-2-4-6-7;2*1-5-2-3-6(7)4-5;3*1-6-4-2-3-5-6;1-5-3-2-4-6-5;1-5-3-2-4-5;1-4-2-3-4/h8H,2-7H2,1H3;7H,2-6H2,1H3;3,5,7H,2,4,6H2,1H3;2-3,7H,4-6H2,1H3;2*5H,2-4H2,1H3;6H,2-5H2,1H3;2,4,6H,3,5H2,1H3;2-3,6H,4-5H2,1H3;2-4,6H,1H3;5H,2-4H2,1H3;4H,2-3H2,1H3. The van der Waals surface area contributed by atoms with Gasteiger partial charge in [0.05, 0.1) is 0 Å². The Bertz CT molecular complexity index is 1520. The molecular formula is C73H131NOS. The van der Waals surface area contributed by atoms with Crippen molar-refractivity contribution in [2.24, 2.45) is 65.1 Å². The van der Waals surface area contributed by atoms with Gasteiger partial charge in [-0.15, -0.1) is 0 Å². The third-order valence-electron chi connectivity index (χ3n) is 17.2. The van der Waals surface area contributed by atoms with Crippen LogP contribution in [-0.4, -0.2) is 15.6 Å². The molecule has 0 aliphatic heterocycles. The molecule has 7 fully saturated rings. The van der Waals surface area contributed by atoms with Crippen LogP contribution in [0, 0.1) is 72.0 Å². The van der Waals surface area contributed by atoms with Crippen LogP contribution in [0.5, 0.6) is 0 Å². The number of nitrogens with one attached hydrogen (secondary N) is 1. The highest BCUT2D eigenvalue weighted by Gasteiger charge is 2.17. The number of thiocarbonyl (C=S) groups is 1. The monoisotopic (exact) mass is 1070 g/mol. The van der Waals surface area contributed by atoms with Gasteiger partial charge in [-0.1, -0.05) is 265 Å². The number of allylic oxidation sites excluding steroid dienone is 8. The minimum atomic E-state index is 0.451. The van der Waals surface area contributed by atoms with Crippen LogP contribution >= 0.6 is 12.2 Å². The first-order chi connectivity index (χ1) is 36.5. The molecule has 11 aliphatic carbocycles. The second-order valence-corrected chi connectivity index (χ2v) is 27.4. The van der Waals surface area contributed by atoms with Crippen molar-refractivity contribution in [1.82, 2.24) is 4.98 Å². The lowest BCUT2D eigenvalue weighted by atomic mass is 9.88. The molecule has 76 heavy (non-hydrogen) atoms. The first-order valence-corrected chi connectivity index (χ1v) is 33.7. The van der Waals surface area contributed by atoms with Crippen molar-refractivity contribution in [3.63, 3.8) is 0 Å². The molecule has 0 saturated heterocycles. The summed E-state index contributed by atoms with van der Waals surface area (Å²) in [6, 6.07) is 4.01. The SMILES string of the molecule is CC1C=CCC1.CC1C=CCCC1.CC1CC1.CC1CC=CC1.CC1CC=CCC1.CC1CCC(=O)C1.CC1CCC(=S)C1.CC1CCC1.CC1CCCC1.CC1CCCCC1.CC1CCCCCC1.Cc1ccc[nH]1. The van der Waals surface area contributed by atoms with Gasteiger partial charge < -0.3 is 4.98 Å². The highest BCUT2D eigenvalue weighted by molar-refractivity contribution is 7.80. The number of aromatic nitrogens is 1. The van der Waals surface area contributed by atoms with Crippen molar-refractivity contribution in [2.45, 2.75) is 314 Å². The van der Waals surface area contributed by atoms with E-state index in [0.29, 0.717) is 11.7 Å². The largest absolute Gasteiger partial charge is 0.365 e. The molecular weight excluding hydrogens is 939 g/mol. The van der Waals surface area contributed by atoms with E-state index in [0.717, 1.165) is 78.4 Å². The number of carbonyl (C=O) groups excluding carboxylic acids is 1. The van der Waals surface area contributed by atoms with Gasteiger partial charge in [-0.2, -0.15) is 0 Å². The van der Waals surface area contributed by atoms with Gasteiger partial charge in [0, 0.05) is 24.7 Å². The van der Waals surface area contributed by atoms with Crippen LogP contribution in [-0.2, 0) is 4.79 Å². The molecule has 1 heterocycles. The zero-order valence-corrected chi connectivity index (χ0v) is 53.8.